The summed E-state index contributed by atoms with van der Waals surface area (Å²) >= 11 is 0. The fourth-order valence-electron chi connectivity index (χ4n) is 6.30. The number of nitrogens with zero attached hydrogens (tertiary/aromatic N) is 2. The minimum Gasteiger partial charge on any atom is -0.497 e. The molecular formula is C39H58F2N2O5. The van der Waals surface area contributed by atoms with Gasteiger partial charge in [0.1, 0.15) is 11.5 Å². The van der Waals surface area contributed by atoms with Crippen molar-refractivity contribution in [2.75, 3.05) is 34.3 Å². The normalized spacial score (nSPS) is 19.4. The number of ether oxygens (including phenoxy) is 2. The van der Waals surface area contributed by atoms with Gasteiger partial charge < -0.3 is 24.4 Å². The van der Waals surface area contributed by atoms with Gasteiger partial charge in [-0.1, -0.05) is 65.3 Å². The molecule has 1 N–H and O–H groups in total. The SMILES string of the molecule is C=Cc1cc(OC2CCC(C3CCN(C(=O)[C@](O)(c4cccc(OC)c4)C(C)(F)F)CC3)CC2)ccc1C(=O)N(C)C.CC.CCCC. The largest absolute Gasteiger partial charge is 0.497 e. The van der Waals surface area contributed by atoms with E-state index in [9.17, 15) is 23.5 Å². The molecule has 0 spiro atoms. The Bertz CT molecular complexity index is 1310. The van der Waals surface area contributed by atoms with E-state index in [1.54, 1.807) is 32.3 Å². The average Bonchev–Trinajstić information content (AvgIpc) is 3.11. The van der Waals surface area contributed by atoms with E-state index in [1.807, 2.05) is 26.0 Å². The van der Waals surface area contributed by atoms with Crippen LogP contribution in [0.3, 0.4) is 0 Å². The number of benzene rings is 2. The molecule has 2 amide bonds. The lowest BCUT2D eigenvalue weighted by Gasteiger charge is -2.42. The van der Waals surface area contributed by atoms with Gasteiger partial charge in [0.25, 0.3) is 17.7 Å². The van der Waals surface area contributed by atoms with E-state index >= 15 is 0 Å². The van der Waals surface area contributed by atoms with E-state index in [4.69, 9.17) is 9.47 Å². The number of rotatable bonds is 10. The van der Waals surface area contributed by atoms with Crippen molar-refractivity contribution < 1.29 is 33.0 Å². The van der Waals surface area contributed by atoms with Crippen molar-refractivity contribution >= 4 is 17.9 Å². The van der Waals surface area contributed by atoms with Crippen molar-refractivity contribution in [1.82, 2.24) is 9.80 Å². The molecule has 1 aliphatic heterocycles. The molecule has 2 fully saturated rings. The highest BCUT2D eigenvalue weighted by Gasteiger charge is 2.58. The van der Waals surface area contributed by atoms with Crippen molar-refractivity contribution in [3.63, 3.8) is 0 Å². The first-order valence-corrected chi connectivity index (χ1v) is 17.5. The van der Waals surface area contributed by atoms with Gasteiger partial charge in [0.15, 0.2) is 0 Å². The zero-order valence-corrected chi connectivity index (χ0v) is 30.4. The summed E-state index contributed by atoms with van der Waals surface area (Å²) in [5, 5.41) is 11.2. The van der Waals surface area contributed by atoms with Gasteiger partial charge >= 0.3 is 0 Å². The van der Waals surface area contributed by atoms with Gasteiger partial charge in [-0.15, -0.1) is 0 Å². The molecule has 0 aromatic heterocycles. The molecule has 4 rings (SSSR count). The fraction of sp³-hybridized carbons (Fsp3) is 0.590. The molecule has 0 unspecified atom stereocenters. The second-order valence-corrected chi connectivity index (χ2v) is 12.8. The average molecular weight is 673 g/mol. The third-order valence-electron chi connectivity index (χ3n) is 9.33. The van der Waals surface area contributed by atoms with Crippen molar-refractivity contribution in [2.45, 2.75) is 104 Å². The van der Waals surface area contributed by atoms with Crippen LogP contribution in [0.5, 0.6) is 11.5 Å². The predicted octanol–water partition coefficient (Wildman–Crippen LogP) is 8.59. The minimum absolute atomic E-state index is 0.0700. The zero-order chi connectivity index (χ0) is 36.1. The van der Waals surface area contributed by atoms with Crippen molar-refractivity contribution in [3.05, 3.63) is 65.7 Å². The summed E-state index contributed by atoms with van der Waals surface area (Å²) in [7, 11) is 4.83. The highest BCUT2D eigenvalue weighted by molar-refractivity contribution is 5.97. The second-order valence-electron chi connectivity index (χ2n) is 12.8. The molecule has 1 heterocycles. The Kier molecular flexibility index (Phi) is 16.0. The van der Waals surface area contributed by atoms with Crippen molar-refractivity contribution in [3.8, 4) is 11.5 Å². The topological polar surface area (TPSA) is 79.3 Å². The number of likely N-dealkylation sites (tertiary alicyclic amines) is 1. The maximum Gasteiger partial charge on any atom is 0.286 e. The summed E-state index contributed by atoms with van der Waals surface area (Å²) in [6, 6.07) is 11.2. The summed E-state index contributed by atoms with van der Waals surface area (Å²) in [5.74, 6) is -2.90. The maximum atomic E-state index is 14.8. The molecule has 0 bridgehead atoms. The van der Waals surface area contributed by atoms with E-state index in [1.165, 1.54) is 48.0 Å². The first-order valence-electron chi connectivity index (χ1n) is 17.5. The van der Waals surface area contributed by atoms with Crippen LogP contribution in [-0.2, 0) is 10.4 Å². The number of methoxy groups -OCH3 is 1. The van der Waals surface area contributed by atoms with Crippen molar-refractivity contribution in [1.29, 1.82) is 0 Å². The van der Waals surface area contributed by atoms with Crippen LogP contribution in [0.15, 0.2) is 49.0 Å². The van der Waals surface area contributed by atoms with Gasteiger partial charge in [-0.3, -0.25) is 9.59 Å². The molecule has 2 aliphatic rings. The summed E-state index contributed by atoms with van der Waals surface area (Å²) in [5.41, 5.74) is -1.84. The van der Waals surface area contributed by atoms with Gasteiger partial charge in [-0.25, -0.2) is 8.78 Å². The summed E-state index contributed by atoms with van der Waals surface area (Å²) < 4.78 is 41.0. The van der Waals surface area contributed by atoms with E-state index < -0.39 is 17.4 Å². The maximum absolute atomic E-state index is 14.8. The number of aliphatic hydroxyl groups is 1. The van der Waals surface area contributed by atoms with E-state index in [0.29, 0.717) is 61.8 Å². The van der Waals surface area contributed by atoms with Crippen LogP contribution in [0, 0.1) is 11.8 Å². The van der Waals surface area contributed by atoms with Crippen LogP contribution in [0.25, 0.3) is 6.08 Å². The van der Waals surface area contributed by atoms with Gasteiger partial charge in [0.05, 0.1) is 13.2 Å². The van der Waals surface area contributed by atoms with Crippen LogP contribution in [0.4, 0.5) is 8.78 Å². The third kappa shape index (κ3) is 10.0. The molecule has 2 aromatic rings. The van der Waals surface area contributed by atoms with Crippen molar-refractivity contribution in [2.24, 2.45) is 11.8 Å². The minimum atomic E-state index is -3.69. The van der Waals surface area contributed by atoms with Crippen LogP contribution in [0.1, 0.15) is 107 Å². The summed E-state index contributed by atoms with van der Waals surface area (Å²) in [4.78, 5) is 28.7. The quantitative estimate of drug-likeness (QED) is 0.274. The van der Waals surface area contributed by atoms with Crippen LogP contribution in [-0.4, -0.2) is 73.0 Å². The number of piperidine rings is 1. The predicted molar refractivity (Wildman–Crippen MR) is 190 cm³/mol. The number of amides is 2. The Balaban J connectivity index is 0.00000124. The molecule has 0 radical (unpaired) electrons. The first kappa shape index (κ1) is 40.7. The molecule has 1 saturated heterocycles. The second kappa shape index (κ2) is 18.9. The number of carbonyl (C=O) groups excluding carboxylic acids is 2. The molecule has 2 aromatic carbocycles. The molecule has 1 saturated carbocycles. The van der Waals surface area contributed by atoms with E-state index in [-0.39, 0.29) is 17.6 Å². The fourth-order valence-corrected chi connectivity index (χ4v) is 6.30. The van der Waals surface area contributed by atoms with E-state index in [2.05, 4.69) is 20.4 Å². The van der Waals surface area contributed by atoms with Gasteiger partial charge in [0.2, 0.25) is 5.60 Å². The Morgan fingerprint density at radius 1 is 0.958 bits per heavy atom. The lowest BCUT2D eigenvalue weighted by Crippen LogP contribution is -2.57. The lowest BCUT2D eigenvalue weighted by molar-refractivity contribution is -0.200. The molecule has 268 valence electrons. The molecule has 7 nitrogen and oxygen atoms in total. The lowest BCUT2D eigenvalue weighted by atomic mass is 9.74. The molecule has 1 aliphatic carbocycles. The third-order valence-corrected chi connectivity index (χ3v) is 9.33. The number of hydrogen-bond acceptors (Lipinski definition) is 5. The molecular weight excluding hydrogens is 614 g/mol. The van der Waals surface area contributed by atoms with Gasteiger partial charge in [-0.2, -0.15) is 0 Å². The Labute approximate surface area is 287 Å². The Hall–Kier alpha value is -3.46. The standard InChI is InChI=1S/C33H42F2N2O5.C4H10.C2H6/c1-6-22-20-28(14-15-29(22)30(38)36(3)4)42-26-12-10-23(11-13-26)24-16-18-37(19-17-24)31(39)33(40,32(2,34)35)25-8-7-9-27(21-25)41-5;1-3-4-2;1-2/h6-9,14-15,20-21,23-24,26,40H,1,10-13,16-19H2,2-5H3;3-4H2,1-2H3;1-2H3/t23?,26?,33-;;/m1../s1. The Morgan fingerprint density at radius 2 is 1.54 bits per heavy atom. The van der Waals surface area contributed by atoms with E-state index in [0.717, 1.165) is 31.2 Å². The van der Waals surface area contributed by atoms with Gasteiger partial charge in [-0.05, 0) is 86.3 Å². The van der Waals surface area contributed by atoms with Crippen LogP contribution in [0.2, 0.25) is 0 Å². The zero-order valence-electron chi connectivity index (χ0n) is 30.4. The molecule has 1 atom stereocenters. The molecule has 9 heteroatoms. The number of unbranched alkanes of at least 4 members (excludes halogenated alkanes) is 1. The monoisotopic (exact) mass is 672 g/mol. The van der Waals surface area contributed by atoms with Gasteiger partial charge in [0, 0.05) is 45.2 Å². The summed E-state index contributed by atoms with van der Waals surface area (Å²) in [6.07, 6.45) is 9.53. The first-order chi connectivity index (χ1) is 22.8. The smallest absolute Gasteiger partial charge is 0.286 e. The highest BCUT2D eigenvalue weighted by atomic mass is 19.3. The highest BCUT2D eigenvalue weighted by Crippen LogP contribution is 2.42. The Morgan fingerprint density at radius 3 is 2.04 bits per heavy atom. The van der Waals surface area contributed by atoms with Crippen LogP contribution < -0.4 is 9.47 Å². The number of hydrogen-bond donors (Lipinski definition) is 1. The number of halogens is 2. The number of alkyl halides is 2. The number of carbonyl (C=O) groups is 2. The molecule has 48 heavy (non-hydrogen) atoms. The van der Waals surface area contributed by atoms with Crippen LogP contribution >= 0.6 is 0 Å². The summed E-state index contributed by atoms with van der Waals surface area (Å²) in [6.45, 7) is 13.4.